The van der Waals surface area contributed by atoms with E-state index in [0.717, 1.165) is 29.3 Å². The van der Waals surface area contributed by atoms with Gasteiger partial charge in [-0.1, -0.05) is 19.1 Å². The number of nitrogens with zero attached hydrogens (tertiary/aromatic N) is 5. The molecule has 6 nitrogen and oxygen atoms in total. The molecule has 1 aromatic carbocycles. The second kappa shape index (κ2) is 6.01. The maximum Gasteiger partial charge on any atom is 0.145 e. The molecule has 3 rings (SSSR count). The zero-order valence-electron chi connectivity index (χ0n) is 13.1. The SMILES string of the molecule is CCc1c(NCc2ncnn2C)cnn1-c1cccc(C)c1. The zero-order valence-corrected chi connectivity index (χ0v) is 13.1. The van der Waals surface area contributed by atoms with Crippen molar-refractivity contribution in [2.24, 2.45) is 7.05 Å². The molecule has 3 aromatic rings. The second-order valence-electron chi connectivity index (χ2n) is 5.26. The number of hydrogen-bond acceptors (Lipinski definition) is 4. The quantitative estimate of drug-likeness (QED) is 0.786. The van der Waals surface area contributed by atoms with Crippen molar-refractivity contribution in [1.82, 2.24) is 24.5 Å². The summed E-state index contributed by atoms with van der Waals surface area (Å²) in [6, 6.07) is 8.36. The van der Waals surface area contributed by atoms with Crippen LogP contribution in [0.2, 0.25) is 0 Å². The predicted molar refractivity (Wildman–Crippen MR) is 86.0 cm³/mol. The molecular weight excluding hydrogens is 276 g/mol. The van der Waals surface area contributed by atoms with Crippen LogP contribution in [0.15, 0.2) is 36.8 Å². The predicted octanol–water partition coefficient (Wildman–Crippen LogP) is 2.48. The average Bonchev–Trinajstić information content (AvgIpc) is 3.10. The molecule has 0 fully saturated rings. The summed E-state index contributed by atoms with van der Waals surface area (Å²) in [4.78, 5) is 4.23. The van der Waals surface area contributed by atoms with E-state index >= 15 is 0 Å². The number of benzene rings is 1. The minimum Gasteiger partial charge on any atom is -0.375 e. The normalized spacial score (nSPS) is 10.9. The van der Waals surface area contributed by atoms with Gasteiger partial charge in [0.1, 0.15) is 12.2 Å². The fourth-order valence-corrected chi connectivity index (χ4v) is 2.50. The minimum atomic E-state index is 0.628. The summed E-state index contributed by atoms with van der Waals surface area (Å²) in [6.07, 6.45) is 4.33. The maximum atomic E-state index is 4.53. The van der Waals surface area contributed by atoms with Crippen molar-refractivity contribution >= 4 is 5.69 Å². The lowest BCUT2D eigenvalue weighted by atomic mass is 10.2. The molecule has 1 N–H and O–H groups in total. The maximum absolute atomic E-state index is 4.53. The first kappa shape index (κ1) is 14.3. The number of nitrogens with one attached hydrogen (secondary N) is 1. The van der Waals surface area contributed by atoms with Gasteiger partial charge in [-0.15, -0.1) is 0 Å². The molecule has 0 amide bonds. The largest absolute Gasteiger partial charge is 0.375 e. The van der Waals surface area contributed by atoms with Gasteiger partial charge in [0.25, 0.3) is 0 Å². The molecule has 0 aliphatic carbocycles. The molecule has 114 valence electrons. The Balaban J connectivity index is 1.86. The van der Waals surface area contributed by atoms with E-state index in [-0.39, 0.29) is 0 Å². The van der Waals surface area contributed by atoms with Crippen LogP contribution in [-0.4, -0.2) is 24.5 Å². The smallest absolute Gasteiger partial charge is 0.145 e. The molecule has 0 bridgehead atoms. The van der Waals surface area contributed by atoms with Gasteiger partial charge in [-0.25, -0.2) is 9.67 Å². The first-order chi connectivity index (χ1) is 10.7. The molecule has 0 saturated heterocycles. The summed E-state index contributed by atoms with van der Waals surface area (Å²) in [5.74, 6) is 0.894. The van der Waals surface area contributed by atoms with Crippen molar-refractivity contribution in [1.29, 1.82) is 0 Å². The van der Waals surface area contributed by atoms with Gasteiger partial charge in [-0.2, -0.15) is 10.2 Å². The molecule has 0 radical (unpaired) electrons. The Kier molecular flexibility index (Phi) is 3.91. The van der Waals surface area contributed by atoms with Gasteiger partial charge in [-0.05, 0) is 31.0 Å². The van der Waals surface area contributed by atoms with E-state index in [4.69, 9.17) is 0 Å². The van der Waals surface area contributed by atoms with E-state index in [2.05, 4.69) is 58.6 Å². The third kappa shape index (κ3) is 2.72. The Bertz CT molecular complexity index is 771. The van der Waals surface area contributed by atoms with Gasteiger partial charge in [0.15, 0.2) is 0 Å². The Morgan fingerprint density at radius 3 is 2.77 bits per heavy atom. The number of hydrogen-bond donors (Lipinski definition) is 1. The van der Waals surface area contributed by atoms with E-state index in [0.29, 0.717) is 6.54 Å². The van der Waals surface area contributed by atoms with Crippen LogP contribution in [0.25, 0.3) is 5.69 Å². The summed E-state index contributed by atoms with van der Waals surface area (Å²) in [7, 11) is 1.89. The first-order valence-electron chi connectivity index (χ1n) is 7.39. The van der Waals surface area contributed by atoms with Gasteiger partial charge in [0.05, 0.1) is 29.8 Å². The standard InChI is InChI=1S/C16H20N6/c1-4-15-14(17-10-16-18-11-20-21(16)3)9-19-22(15)13-7-5-6-12(2)8-13/h5-9,11,17H,4,10H2,1-3H3. The number of anilines is 1. The summed E-state index contributed by atoms with van der Waals surface area (Å²) in [6.45, 7) is 4.85. The third-order valence-corrected chi connectivity index (χ3v) is 3.69. The van der Waals surface area contributed by atoms with E-state index < -0.39 is 0 Å². The Labute approximate surface area is 129 Å². The van der Waals surface area contributed by atoms with Crippen LogP contribution in [-0.2, 0) is 20.0 Å². The second-order valence-corrected chi connectivity index (χ2v) is 5.26. The monoisotopic (exact) mass is 296 g/mol. The fourth-order valence-electron chi connectivity index (χ4n) is 2.50. The van der Waals surface area contributed by atoms with Gasteiger partial charge in [0, 0.05) is 7.05 Å². The highest BCUT2D eigenvalue weighted by molar-refractivity contribution is 5.50. The molecule has 0 saturated carbocycles. The van der Waals surface area contributed by atoms with E-state index in [9.17, 15) is 0 Å². The van der Waals surface area contributed by atoms with Crippen molar-refractivity contribution in [3.05, 3.63) is 53.9 Å². The molecule has 2 heterocycles. The third-order valence-electron chi connectivity index (χ3n) is 3.69. The first-order valence-corrected chi connectivity index (χ1v) is 7.39. The van der Waals surface area contributed by atoms with Crippen LogP contribution in [0.4, 0.5) is 5.69 Å². The van der Waals surface area contributed by atoms with Crippen LogP contribution < -0.4 is 5.32 Å². The van der Waals surface area contributed by atoms with Crippen LogP contribution in [0.3, 0.4) is 0 Å². The van der Waals surface area contributed by atoms with Gasteiger partial charge in [0.2, 0.25) is 0 Å². The van der Waals surface area contributed by atoms with Gasteiger partial charge in [-0.3, -0.25) is 4.68 Å². The zero-order chi connectivity index (χ0) is 15.5. The molecule has 22 heavy (non-hydrogen) atoms. The van der Waals surface area contributed by atoms with Gasteiger partial charge < -0.3 is 5.32 Å². The molecule has 0 aliphatic rings. The Morgan fingerprint density at radius 2 is 2.09 bits per heavy atom. The van der Waals surface area contributed by atoms with Crippen molar-refractivity contribution in [2.75, 3.05) is 5.32 Å². The molecule has 0 spiro atoms. The van der Waals surface area contributed by atoms with Crippen molar-refractivity contribution < 1.29 is 0 Å². The Hall–Kier alpha value is -2.63. The van der Waals surface area contributed by atoms with Crippen LogP contribution >= 0.6 is 0 Å². The minimum absolute atomic E-state index is 0.628. The summed E-state index contributed by atoms with van der Waals surface area (Å²) >= 11 is 0. The number of aryl methyl sites for hydroxylation is 2. The van der Waals surface area contributed by atoms with Crippen LogP contribution in [0.5, 0.6) is 0 Å². The highest BCUT2D eigenvalue weighted by Crippen LogP contribution is 2.21. The van der Waals surface area contributed by atoms with Crippen molar-refractivity contribution in [3.63, 3.8) is 0 Å². The molecule has 6 heteroatoms. The van der Waals surface area contributed by atoms with Crippen molar-refractivity contribution in [3.8, 4) is 5.69 Å². The summed E-state index contributed by atoms with van der Waals surface area (Å²) in [5.41, 5.74) is 4.51. The van der Waals surface area contributed by atoms with E-state index in [1.807, 2.05) is 17.9 Å². The molecule has 0 atom stereocenters. The van der Waals surface area contributed by atoms with E-state index in [1.165, 1.54) is 5.56 Å². The number of rotatable bonds is 5. The lowest BCUT2D eigenvalue weighted by Gasteiger charge is -2.10. The van der Waals surface area contributed by atoms with Crippen molar-refractivity contribution in [2.45, 2.75) is 26.8 Å². The highest BCUT2D eigenvalue weighted by atomic mass is 15.3. The number of aromatic nitrogens is 5. The topological polar surface area (TPSA) is 60.6 Å². The Morgan fingerprint density at radius 1 is 1.23 bits per heavy atom. The molecule has 2 aromatic heterocycles. The average molecular weight is 296 g/mol. The molecule has 0 unspecified atom stereocenters. The van der Waals surface area contributed by atoms with E-state index in [1.54, 1.807) is 11.0 Å². The summed E-state index contributed by atoms with van der Waals surface area (Å²) in [5, 5.41) is 12.0. The lowest BCUT2D eigenvalue weighted by molar-refractivity contribution is 0.711. The fraction of sp³-hybridized carbons (Fsp3) is 0.312. The molecular formula is C16H20N6. The molecule has 0 aliphatic heterocycles. The lowest BCUT2D eigenvalue weighted by Crippen LogP contribution is -2.08. The van der Waals surface area contributed by atoms with Crippen LogP contribution in [0, 0.1) is 6.92 Å². The van der Waals surface area contributed by atoms with Gasteiger partial charge >= 0.3 is 0 Å². The highest BCUT2D eigenvalue weighted by Gasteiger charge is 2.11. The summed E-state index contributed by atoms with van der Waals surface area (Å²) < 4.78 is 3.76. The van der Waals surface area contributed by atoms with Crippen LogP contribution in [0.1, 0.15) is 24.0 Å².